The second kappa shape index (κ2) is 5.41. The molecule has 20 heavy (non-hydrogen) atoms. The van der Waals surface area contributed by atoms with Crippen molar-refractivity contribution in [2.75, 3.05) is 10.5 Å². The number of rotatable bonds is 3. The summed E-state index contributed by atoms with van der Waals surface area (Å²) in [5.41, 5.74) is 7.58. The standard InChI is InChI=1S/C13H14BrN3O2S/c1-8-3-4-9(2)12(5-8)20(18,19)17-13-11(14)6-10(15)7-16-13/h3-7H,15H2,1-2H3,(H,16,17). The number of nitrogens with zero attached hydrogens (tertiary/aromatic N) is 1. The second-order valence-corrected chi connectivity index (χ2v) is 6.98. The number of aryl methyl sites for hydroxylation is 2. The van der Waals surface area contributed by atoms with Crippen LogP contribution in [0.5, 0.6) is 0 Å². The van der Waals surface area contributed by atoms with Crippen LogP contribution in [0.15, 0.2) is 39.8 Å². The fourth-order valence-corrected chi connectivity index (χ4v) is 3.66. The minimum atomic E-state index is -3.69. The normalized spacial score (nSPS) is 11.3. The van der Waals surface area contributed by atoms with Crippen molar-refractivity contribution in [1.82, 2.24) is 4.98 Å². The Morgan fingerprint density at radius 3 is 2.60 bits per heavy atom. The minimum Gasteiger partial charge on any atom is -0.397 e. The number of pyridine rings is 1. The van der Waals surface area contributed by atoms with Gasteiger partial charge in [0.15, 0.2) is 5.82 Å². The predicted molar refractivity (Wildman–Crippen MR) is 83.1 cm³/mol. The number of anilines is 2. The number of nitrogen functional groups attached to an aromatic ring is 1. The number of benzene rings is 1. The molecule has 0 atom stereocenters. The van der Waals surface area contributed by atoms with Crippen molar-refractivity contribution in [3.05, 3.63) is 46.1 Å². The number of hydrogen-bond acceptors (Lipinski definition) is 4. The monoisotopic (exact) mass is 355 g/mol. The van der Waals surface area contributed by atoms with Crippen molar-refractivity contribution in [3.8, 4) is 0 Å². The van der Waals surface area contributed by atoms with E-state index >= 15 is 0 Å². The Hall–Kier alpha value is -1.60. The highest BCUT2D eigenvalue weighted by Crippen LogP contribution is 2.25. The third-order valence-corrected chi connectivity index (χ3v) is 4.81. The average molecular weight is 356 g/mol. The van der Waals surface area contributed by atoms with E-state index in [9.17, 15) is 8.42 Å². The van der Waals surface area contributed by atoms with Crippen LogP contribution in [-0.4, -0.2) is 13.4 Å². The van der Waals surface area contributed by atoms with E-state index in [2.05, 4.69) is 25.6 Å². The molecule has 0 spiro atoms. The number of sulfonamides is 1. The fraction of sp³-hybridized carbons (Fsp3) is 0.154. The summed E-state index contributed by atoms with van der Waals surface area (Å²) in [5, 5.41) is 0. The molecular weight excluding hydrogens is 342 g/mol. The maximum Gasteiger partial charge on any atom is 0.263 e. The number of nitrogens with one attached hydrogen (secondary N) is 1. The van der Waals surface area contributed by atoms with Gasteiger partial charge in [-0.2, -0.15) is 0 Å². The first-order valence-electron chi connectivity index (χ1n) is 5.81. The van der Waals surface area contributed by atoms with Crippen LogP contribution in [0.4, 0.5) is 11.5 Å². The first-order valence-corrected chi connectivity index (χ1v) is 8.08. The molecule has 0 saturated carbocycles. The van der Waals surface area contributed by atoms with Crippen LogP contribution < -0.4 is 10.5 Å². The van der Waals surface area contributed by atoms with Gasteiger partial charge in [0.25, 0.3) is 10.0 Å². The molecule has 1 aromatic carbocycles. The largest absolute Gasteiger partial charge is 0.397 e. The van der Waals surface area contributed by atoms with E-state index in [1.807, 2.05) is 13.0 Å². The van der Waals surface area contributed by atoms with E-state index in [0.29, 0.717) is 15.7 Å². The molecule has 106 valence electrons. The Labute approximate surface area is 126 Å². The van der Waals surface area contributed by atoms with E-state index in [1.54, 1.807) is 25.1 Å². The quantitative estimate of drug-likeness (QED) is 0.886. The smallest absolute Gasteiger partial charge is 0.263 e. The van der Waals surface area contributed by atoms with Crippen LogP contribution in [0, 0.1) is 13.8 Å². The molecule has 0 aliphatic rings. The molecule has 0 radical (unpaired) electrons. The summed E-state index contributed by atoms with van der Waals surface area (Å²) in [6.45, 7) is 3.59. The molecule has 0 fully saturated rings. The first-order chi connectivity index (χ1) is 9.29. The lowest BCUT2D eigenvalue weighted by atomic mass is 10.2. The third kappa shape index (κ3) is 3.10. The minimum absolute atomic E-state index is 0.208. The molecule has 0 saturated heterocycles. The van der Waals surface area contributed by atoms with Crippen molar-refractivity contribution < 1.29 is 8.42 Å². The van der Waals surface area contributed by atoms with E-state index in [1.165, 1.54) is 6.20 Å². The van der Waals surface area contributed by atoms with Crippen LogP contribution in [0.3, 0.4) is 0 Å². The highest BCUT2D eigenvalue weighted by atomic mass is 79.9. The summed E-state index contributed by atoms with van der Waals surface area (Å²) >= 11 is 3.24. The molecule has 5 nitrogen and oxygen atoms in total. The van der Waals surface area contributed by atoms with Gasteiger partial charge in [0.05, 0.1) is 21.3 Å². The first kappa shape index (κ1) is 14.8. The van der Waals surface area contributed by atoms with Crippen molar-refractivity contribution in [2.45, 2.75) is 18.7 Å². The predicted octanol–water partition coefficient (Wildman–Crippen LogP) is 2.84. The molecule has 0 unspecified atom stereocenters. The zero-order chi connectivity index (χ0) is 14.9. The Kier molecular flexibility index (Phi) is 4.01. The summed E-state index contributed by atoms with van der Waals surface area (Å²) in [6, 6.07) is 6.86. The molecule has 0 aliphatic heterocycles. The van der Waals surface area contributed by atoms with Gasteiger partial charge in [-0.15, -0.1) is 0 Å². The average Bonchev–Trinajstić information content (AvgIpc) is 2.35. The van der Waals surface area contributed by atoms with Gasteiger partial charge < -0.3 is 5.73 Å². The van der Waals surface area contributed by atoms with E-state index < -0.39 is 10.0 Å². The van der Waals surface area contributed by atoms with Gasteiger partial charge in [0, 0.05) is 0 Å². The molecule has 1 aromatic heterocycles. The zero-order valence-corrected chi connectivity index (χ0v) is 13.4. The summed E-state index contributed by atoms with van der Waals surface area (Å²) in [6.07, 6.45) is 1.39. The summed E-state index contributed by atoms with van der Waals surface area (Å²) < 4.78 is 27.8. The van der Waals surface area contributed by atoms with Crippen molar-refractivity contribution >= 4 is 37.5 Å². The van der Waals surface area contributed by atoms with Gasteiger partial charge in [-0.25, -0.2) is 13.4 Å². The summed E-state index contributed by atoms with van der Waals surface area (Å²) in [7, 11) is -3.69. The van der Waals surface area contributed by atoms with Crippen LogP contribution >= 0.6 is 15.9 Å². The van der Waals surface area contributed by atoms with Gasteiger partial charge >= 0.3 is 0 Å². The highest BCUT2D eigenvalue weighted by molar-refractivity contribution is 9.10. The molecule has 0 amide bonds. The van der Waals surface area contributed by atoms with E-state index in [0.717, 1.165) is 5.56 Å². The van der Waals surface area contributed by atoms with Crippen molar-refractivity contribution in [1.29, 1.82) is 0 Å². The molecule has 2 rings (SSSR count). The Bertz CT molecular complexity index is 760. The van der Waals surface area contributed by atoms with E-state index in [4.69, 9.17) is 5.73 Å². The molecular formula is C13H14BrN3O2S. The zero-order valence-electron chi connectivity index (χ0n) is 11.0. The SMILES string of the molecule is Cc1ccc(C)c(S(=O)(=O)Nc2ncc(N)cc2Br)c1. The molecule has 1 heterocycles. The number of hydrogen-bond donors (Lipinski definition) is 2. The Morgan fingerprint density at radius 2 is 1.95 bits per heavy atom. The van der Waals surface area contributed by atoms with Crippen molar-refractivity contribution in [2.24, 2.45) is 0 Å². The van der Waals surface area contributed by atoms with E-state index in [-0.39, 0.29) is 10.7 Å². The molecule has 2 aromatic rings. The van der Waals surface area contributed by atoms with Crippen LogP contribution in [-0.2, 0) is 10.0 Å². The number of nitrogens with two attached hydrogens (primary N) is 1. The van der Waals surface area contributed by atoms with Gasteiger partial charge in [-0.3, -0.25) is 4.72 Å². The molecule has 7 heteroatoms. The Morgan fingerprint density at radius 1 is 1.25 bits per heavy atom. The third-order valence-electron chi connectivity index (χ3n) is 2.73. The maximum absolute atomic E-state index is 12.4. The maximum atomic E-state index is 12.4. The fourth-order valence-electron chi connectivity index (χ4n) is 1.71. The van der Waals surface area contributed by atoms with Crippen LogP contribution in [0.25, 0.3) is 0 Å². The summed E-state index contributed by atoms with van der Waals surface area (Å²) in [5.74, 6) is 0.208. The lowest BCUT2D eigenvalue weighted by Gasteiger charge is -2.11. The van der Waals surface area contributed by atoms with Gasteiger partial charge in [-0.1, -0.05) is 12.1 Å². The highest BCUT2D eigenvalue weighted by Gasteiger charge is 2.19. The van der Waals surface area contributed by atoms with Gasteiger partial charge in [0.2, 0.25) is 0 Å². The van der Waals surface area contributed by atoms with Crippen LogP contribution in [0.1, 0.15) is 11.1 Å². The van der Waals surface area contributed by atoms with Crippen LogP contribution in [0.2, 0.25) is 0 Å². The lowest BCUT2D eigenvalue weighted by molar-refractivity contribution is 0.600. The Balaban J connectivity index is 2.43. The molecule has 3 N–H and O–H groups in total. The van der Waals surface area contributed by atoms with Crippen molar-refractivity contribution in [3.63, 3.8) is 0 Å². The molecule has 0 aliphatic carbocycles. The summed E-state index contributed by atoms with van der Waals surface area (Å²) in [4.78, 5) is 4.22. The lowest BCUT2D eigenvalue weighted by Crippen LogP contribution is -2.15. The second-order valence-electron chi connectivity index (χ2n) is 4.47. The van der Waals surface area contributed by atoms with Gasteiger partial charge in [-0.05, 0) is 53.0 Å². The van der Waals surface area contributed by atoms with Gasteiger partial charge in [0.1, 0.15) is 0 Å². The number of aromatic nitrogens is 1. The topological polar surface area (TPSA) is 85.1 Å². The number of halogens is 1. The molecule has 0 bridgehead atoms.